The van der Waals surface area contributed by atoms with Gasteiger partial charge < -0.3 is 14.9 Å². The van der Waals surface area contributed by atoms with Crippen LogP contribution in [-0.2, 0) is 9.53 Å². The lowest BCUT2D eigenvalue weighted by Crippen LogP contribution is -2.57. The van der Waals surface area contributed by atoms with Crippen molar-refractivity contribution in [2.45, 2.75) is 76.9 Å². The predicted molar refractivity (Wildman–Crippen MR) is 94.7 cm³/mol. The first-order valence-electron chi connectivity index (χ1n) is 9.94. The summed E-state index contributed by atoms with van der Waals surface area (Å²) in [6.45, 7) is 4.51. The normalized spacial score (nSPS) is 51.8. The van der Waals surface area contributed by atoms with Crippen LogP contribution in [0.25, 0.3) is 0 Å². The molecule has 0 unspecified atom stereocenters. The third-order valence-electron chi connectivity index (χ3n) is 8.75. The molecule has 0 radical (unpaired) electrons. The van der Waals surface area contributed by atoms with Crippen LogP contribution in [0.2, 0.25) is 0 Å². The van der Waals surface area contributed by atoms with Crippen LogP contribution in [-0.4, -0.2) is 35.0 Å². The van der Waals surface area contributed by atoms with Crippen molar-refractivity contribution in [3.05, 3.63) is 11.6 Å². The summed E-state index contributed by atoms with van der Waals surface area (Å²) in [6, 6.07) is 0. The van der Waals surface area contributed by atoms with Gasteiger partial charge in [-0.2, -0.15) is 0 Å². The molecule has 140 valence electrons. The fraction of sp³-hybridized carbons (Fsp3) is 0.857. The second-order valence-corrected chi connectivity index (χ2v) is 9.50. The maximum atomic E-state index is 12.4. The summed E-state index contributed by atoms with van der Waals surface area (Å²) in [6.07, 6.45) is 9.38. The van der Waals surface area contributed by atoms with Crippen LogP contribution in [0.4, 0.5) is 0 Å². The topological polar surface area (TPSA) is 66.8 Å². The van der Waals surface area contributed by atoms with E-state index in [-0.39, 0.29) is 16.9 Å². The van der Waals surface area contributed by atoms with Gasteiger partial charge >= 0.3 is 5.97 Å². The van der Waals surface area contributed by atoms with Crippen molar-refractivity contribution in [1.29, 1.82) is 0 Å². The number of methoxy groups -OCH3 is 1. The molecule has 0 spiro atoms. The SMILES string of the molecule is COC(=O)[C@]1(O)CC[C@H]2[C@@H]3CC=C4C[C@H](O)CC[C@]4(C)[C@H]3CC[C@@]21C. The molecule has 25 heavy (non-hydrogen) atoms. The van der Waals surface area contributed by atoms with Gasteiger partial charge in [-0.15, -0.1) is 0 Å². The highest BCUT2D eigenvalue weighted by molar-refractivity contribution is 5.81. The molecule has 7 atom stereocenters. The van der Waals surface area contributed by atoms with Gasteiger partial charge in [0.2, 0.25) is 0 Å². The number of fused-ring (bicyclic) bond motifs is 5. The third-order valence-corrected chi connectivity index (χ3v) is 8.75. The lowest BCUT2D eigenvalue weighted by atomic mass is 9.47. The summed E-state index contributed by atoms with van der Waals surface area (Å²) >= 11 is 0. The van der Waals surface area contributed by atoms with E-state index in [9.17, 15) is 15.0 Å². The Labute approximate surface area is 150 Å². The molecule has 0 amide bonds. The zero-order valence-electron chi connectivity index (χ0n) is 15.8. The van der Waals surface area contributed by atoms with Crippen molar-refractivity contribution in [2.75, 3.05) is 7.11 Å². The van der Waals surface area contributed by atoms with Crippen LogP contribution in [0.5, 0.6) is 0 Å². The number of rotatable bonds is 1. The maximum Gasteiger partial charge on any atom is 0.338 e. The first kappa shape index (κ1) is 17.5. The zero-order valence-corrected chi connectivity index (χ0v) is 15.8. The monoisotopic (exact) mass is 348 g/mol. The average Bonchev–Trinajstić information content (AvgIpc) is 2.87. The van der Waals surface area contributed by atoms with E-state index in [1.807, 2.05) is 0 Å². The quantitative estimate of drug-likeness (QED) is 0.564. The lowest BCUT2D eigenvalue weighted by Gasteiger charge is -2.58. The minimum atomic E-state index is -1.33. The third kappa shape index (κ3) is 2.16. The Bertz CT molecular complexity index is 613. The van der Waals surface area contributed by atoms with Crippen molar-refractivity contribution in [3.63, 3.8) is 0 Å². The zero-order chi connectivity index (χ0) is 18.0. The van der Waals surface area contributed by atoms with E-state index < -0.39 is 11.6 Å². The summed E-state index contributed by atoms with van der Waals surface area (Å²) in [5.74, 6) is 1.06. The minimum Gasteiger partial charge on any atom is -0.467 e. The number of hydrogen-bond donors (Lipinski definition) is 2. The van der Waals surface area contributed by atoms with Gasteiger partial charge in [-0.25, -0.2) is 4.79 Å². The summed E-state index contributed by atoms with van der Waals surface area (Å²) in [4.78, 5) is 12.4. The molecule has 4 aliphatic carbocycles. The Morgan fingerprint density at radius 1 is 1.16 bits per heavy atom. The van der Waals surface area contributed by atoms with Gasteiger partial charge in [0, 0.05) is 5.41 Å². The van der Waals surface area contributed by atoms with Crippen LogP contribution in [0.1, 0.15) is 65.2 Å². The van der Waals surface area contributed by atoms with Crippen LogP contribution in [0.15, 0.2) is 11.6 Å². The van der Waals surface area contributed by atoms with Gasteiger partial charge in [-0.3, -0.25) is 0 Å². The average molecular weight is 348 g/mol. The molecular formula is C21H32O4. The molecule has 3 saturated carbocycles. The van der Waals surface area contributed by atoms with Gasteiger partial charge in [-0.05, 0) is 74.5 Å². The Hall–Kier alpha value is -0.870. The predicted octanol–water partition coefficient (Wildman–Crippen LogP) is 3.21. The molecular weight excluding hydrogens is 316 g/mol. The van der Waals surface area contributed by atoms with Crippen LogP contribution in [0.3, 0.4) is 0 Å². The summed E-state index contributed by atoms with van der Waals surface area (Å²) in [5.41, 5.74) is -0.0604. The molecule has 3 fully saturated rings. The van der Waals surface area contributed by atoms with Crippen molar-refractivity contribution in [1.82, 2.24) is 0 Å². The smallest absolute Gasteiger partial charge is 0.338 e. The van der Waals surface area contributed by atoms with Crippen LogP contribution in [0, 0.1) is 28.6 Å². The van der Waals surface area contributed by atoms with E-state index in [0.29, 0.717) is 24.2 Å². The van der Waals surface area contributed by atoms with E-state index in [1.165, 1.54) is 12.7 Å². The number of carbonyl (C=O) groups excluding carboxylic acids is 1. The number of esters is 1. The van der Waals surface area contributed by atoms with E-state index in [2.05, 4.69) is 19.9 Å². The molecule has 4 rings (SSSR count). The molecule has 0 aliphatic heterocycles. The number of aliphatic hydroxyl groups excluding tert-OH is 1. The molecule has 4 aliphatic rings. The molecule has 4 nitrogen and oxygen atoms in total. The molecule has 0 aromatic carbocycles. The summed E-state index contributed by atoms with van der Waals surface area (Å²) < 4.78 is 4.98. The molecule has 0 saturated heterocycles. The first-order valence-corrected chi connectivity index (χ1v) is 9.94. The number of carbonyl (C=O) groups is 1. The lowest BCUT2D eigenvalue weighted by molar-refractivity contribution is -0.184. The van der Waals surface area contributed by atoms with E-state index in [4.69, 9.17) is 4.74 Å². The van der Waals surface area contributed by atoms with Gasteiger partial charge in [0.05, 0.1) is 13.2 Å². The Kier molecular flexibility index (Phi) is 3.90. The van der Waals surface area contributed by atoms with E-state index in [1.54, 1.807) is 0 Å². The van der Waals surface area contributed by atoms with Gasteiger partial charge in [0.1, 0.15) is 0 Å². The van der Waals surface area contributed by atoms with Crippen molar-refractivity contribution < 1.29 is 19.7 Å². The Balaban J connectivity index is 1.68. The molecule has 0 bridgehead atoms. The standard InChI is InChI=1S/C21H32O4/c1-19-9-6-14(22)12-13(19)4-5-15-16(19)7-10-20(2)17(15)8-11-21(20,24)18(23)25-3/h4,14-17,22,24H,5-12H2,1-3H3/t14-,15-,16+,17+,19+,20+,21-/m1/s1. The Morgan fingerprint density at radius 3 is 2.60 bits per heavy atom. The fourth-order valence-corrected chi connectivity index (χ4v) is 7.16. The van der Waals surface area contributed by atoms with Crippen LogP contribution >= 0.6 is 0 Å². The largest absolute Gasteiger partial charge is 0.467 e. The van der Waals surface area contributed by atoms with Crippen molar-refractivity contribution >= 4 is 5.97 Å². The summed E-state index contributed by atoms with van der Waals surface area (Å²) in [5, 5.41) is 21.3. The Morgan fingerprint density at radius 2 is 1.88 bits per heavy atom. The fourth-order valence-electron chi connectivity index (χ4n) is 7.16. The molecule has 0 heterocycles. The number of hydrogen-bond acceptors (Lipinski definition) is 4. The molecule has 0 aromatic heterocycles. The maximum absolute atomic E-state index is 12.4. The van der Waals surface area contributed by atoms with Gasteiger partial charge in [-0.1, -0.05) is 25.5 Å². The van der Waals surface area contributed by atoms with Crippen LogP contribution < -0.4 is 0 Å². The number of aliphatic hydroxyl groups is 2. The summed E-state index contributed by atoms with van der Waals surface area (Å²) in [7, 11) is 1.38. The minimum absolute atomic E-state index is 0.180. The molecule has 2 N–H and O–H groups in total. The molecule has 4 heteroatoms. The van der Waals surface area contributed by atoms with Gasteiger partial charge in [0.25, 0.3) is 0 Å². The number of allylic oxidation sites excluding steroid dienone is 1. The highest BCUT2D eigenvalue weighted by Gasteiger charge is 2.66. The second-order valence-electron chi connectivity index (χ2n) is 9.50. The van der Waals surface area contributed by atoms with E-state index in [0.717, 1.165) is 44.9 Å². The van der Waals surface area contributed by atoms with Crippen molar-refractivity contribution in [3.8, 4) is 0 Å². The van der Waals surface area contributed by atoms with E-state index >= 15 is 0 Å². The van der Waals surface area contributed by atoms with Crippen molar-refractivity contribution in [2.24, 2.45) is 28.6 Å². The second kappa shape index (κ2) is 5.56. The molecule has 0 aromatic rings. The first-order chi connectivity index (χ1) is 11.8. The number of ether oxygens (including phenoxy) is 1. The van der Waals surface area contributed by atoms with Gasteiger partial charge in [0.15, 0.2) is 5.60 Å². The highest BCUT2D eigenvalue weighted by atomic mass is 16.5. The highest BCUT2D eigenvalue weighted by Crippen LogP contribution is 2.67.